The van der Waals surface area contributed by atoms with E-state index in [-0.39, 0.29) is 19.0 Å². The number of carbonyl (C=O) groups is 1. The Kier molecular flexibility index (Phi) is 4.97. The molecule has 0 bridgehead atoms. The molecule has 1 aliphatic heterocycles. The maximum Gasteiger partial charge on any atom is 0.257 e. The molecule has 1 aromatic carbocycles. The molecule has 0 aliphatic carbocycles. The summed E-state index contributed by atoms with van der Waals surface area (Å²) in [5, 5.41) is 5.42. The number of hydrogen-bond donors (Lipinski definition) is 0. The molecule has 0 unspecified atom stereocenters. The summed E-state index contributed by atoms with van der Waals surface area (Å²) < 4.78 is 28.2. The molecule has 0 saturated carbocycles. The van der Waals surface area contributed by atoms with E-state index in [1.54, 1.807) is 27.9 Å². The first-order valence-corrected chi connectivity index (χ1v) is 10.5. The third kappa shape index (κ3) is 3.69. The zero-order valence-corrected chi connectivity index (χ0v) is 16.0. The lowest BCUT2D eigenvalue weighted by molar-refractivity contribution is 0.0700. The Bertz CT molecular complexity index is 1110. The Hall–Kier alpha value is -2.97. The number of fused-ring (bicyclic) bond motifs is 1. The second-order valence-corrected chi connectivity index (χ2v) is 8.36. The molecule has 1 aliphatic rings. The third-order valence-corrected chi connectivity index (χ3v) is 6.34. The van der Waals surface area contributed by atoms with Gasteiger partial charge in [-0.15, -0.1) is 0 Å². The highest BCUT2D eigenvalue weighted by Crippen LogP contribution is 2.16. The number of sulfonamides is 1. The lowest BCUT2D eigenvalue weighted by Gasteiger charge is -2.33. The van der Waals surface area contributed by atoms with Crippen LogP contribution in [0.15, 0.2) is 66.3 Å². The second kappa shape index (κ2) is 7.57. The predicted octanol–water partition coefficient (Wildman–Crippen LogP) is 2.09. The summed E-state index contributed by atoms with van der Waals surface area (Å²) in [6.45, 7) is 1.24. The van der Waals surface area contributed by atoms with Crippen molar-refractivity contribution in [3.63, 3.8) is 0 Å². The average Bonchev–Trinajstić information content (AvgIpc) is 3.17. The molecule has 3 heterocycles. The molecular weight excluding hydrogens is 376 g/mol. The van der Waals surface area contributed by atoms with Crippen LogP contribution in [0.5, 0.6) is 0 Å². The quantitative estimate of drug-likeness (QED) is 0.677. The molecule has 28 heavy (non-hydrogen) atoms. The Morgan fingerprint density at radius 1 is 0.964 bits per heavy atom. The standard InChI is InChI=1S/C20H20N4O3S/c25-20(18-16-21-24-10-5-4-8-19(18)24)22-11-13-23(14-12-22)28(26,27)15-9-17-6-2-1-3-7-17/h1-10,15-16H,11-14H2/b15-9+. The van der Waals surface area contributed by atoms with Crippen LogP contribution in [0.4, 0.5) is 0 Å². The van der Waals surface area contributed by atoms with Gasteiger partial charge >= 0.3 is 0 Å². The zero-order valence-electron chi connectivity index (χ0n) is 15.2. The highest BCUT2D eigenvalue weighted by molar-refractivity contribution is 7.92. The molecule has 1 fully saturated rings. The largest absolute Gasteiger partial charge is 0.336 e. The first kappa shape index (κ1) is 18.4. The van der Waals surface area contributed by atoms with Crippen molar-refractivity contribution in [3.8, 4) is 0 Å². The smallest absolute Gasteiger partial charge is 0.257 e. The summed E-state index contributed by atoms with van der Waals surface area (Å²) in [5.74, 6) is -0.127. The fraction of sp³-hybridized carbons (Fsp3) is 0.200. The van der Waals surface area contributed by atoms with Gasteiger partial charge in [-0.05, 0) is 23.8 Å². The fourth-order valence-electron chi connectivity index (χ4n) is 3.23. The normalized spacial score (nSPS) is 16.1. The average molecular weight is 396 g/mol. The number of benzene rings is 1. The highest BCUT2D eigenvalue weighted by atomic mass is 32.2. The van der Waals surface area contributed by atoms with Gasteiger partial charge in [0.2, 0.25) is 10.0 Å². The Balaban J connectivity index is 1.43. The van der Waals surface area contributed by atoms with E-state index in [4.69, 9.17) is 0 Å². The monoisotopic (exact) mass is 396 g/mol. The van der Waals surface area contributed by atoms with E-state index in [0.717, 1.165) is 11.1 Å². The third-order valence-electron chi connectivity index (χ3n) is 4.77. The van der Waals surface area contributed by atoms with Crippen LogP contribution in [0.3, 0.4) is 0 Å². The van der Waals surface area contributed by atoms with Gasteiger partial charge in [0.05, 0.1) is 17.3 Å². The molecule has 8 heteroatoms. The van der Waals surface area contributed by atoms with Gasteiger partial charge in [0.25, 0.3) is 5.91 Å². The number of amides is 1. The summed E-state index contributed by atoms with van der Waals surface area (Å²) in [7, 11) is -3.52. The number of nitrogens with zero attached hydrogens (tertiary/aromatic N) is 4. The highest BCUT2D eigenvalue weighted by Gasteiger charge is 2.28. The SMILES string of the molecule is O=C(c1cnn2ccccc12)N1CCN(S(=O)(=O)/C=C/c2ccccc2)CC1. The van der Waals surface area contributed by atoms with Crippen LogP contribution in [0.2, 0.25) is 0 Å². The minimum Gasteiger partial charge on any atom is -0.336 e. The lowest BCUT2D eigenvalue weighted by Crippen LogP contribution is -2.50. The van der Waals surface area contributed by atoms with Crippen LogP contribution in [-0.4, -0.2) is 59.3 Å². The summed E-state index contributed by atoms with van der Waals surface area (Å²) in [6.07, 6.45) is 4.94. The fourth-order valence-corrected chi connectivity index (χ4v) is 4.40. The van der Waals surface area contributed by atoms with Gasteiger partial charge in [-0.3, -0.25) is 4.79 Å². The van der Waals surface area contributed by atoms with Crippen molar-refractivity contribution >= 4 is 27.5 Å². The van der Waals surface area contributed by atoms with Crippen LogP contribution in [-0.2, 0) is 10.0 Å². The molecule has 7 nitrogen and oxygen atoms in total. The molecule has 0 spiro atoms. The topological polar surface area (TPSA) is 75.0 Å². The van der Waals surface area contributed by atoms with E-state index in [2.05, 4.69) is 5.10 Å². The maximum absolute atomic E-state index is 12.8. The second-order valence-electron chi connectivity index (χ2n) is 6.54. The Labute approximate surface area is 163 Å². The van der Waals surface area contributed by atoms with Gasteiger partial charge in [-0.1, -0.05) is 36.4 Å². The van der Waals surface area contributed by atoms with E-state index in [9.17, 15) is 13.2 Å². The molecule has 0 atom stereocenters. The van der Waals surface area contributed by atoms with Crippen LogP contribution < -0.4 is 0 Å². The van der Waals surface area contributed by atoms with Gasteiger partial charge in [0, 0.05) is 37.8 Å². The van der Waals surface area contributed by atoms with Gasteiger partial charge in [-0.2, -0.15) is 9.40 Å². The van der Waals surface area contributed by atoms with E-state index in [1.807, 2.05) is 48.5 Å². The van der Waals surface area contributed by atoms with Crippen LogP contribution in [0.25, 0.3) is 11.6 Å². The van der Waals surface area contributed by atoms with Crippen molar-refractivity contribution in [2.24, 2.45) is 0 Å². The van der Waals surface area contributed by atoms with Crippen molar-refractivity contribution < 1.29 is 13.2 Å². The minimum atomic E-state index is -3.52. The van der Waals surface area contributed by atoms with Crippen molar-refractivity contribution in [2.75, 3.05) is 26.2 Å². The molecule has 0 N–H and O–H groups in total. The zero-order chi connectivity index (χ0) is 19.6. The van der Waals surface area contributed by atoms with E-state index in [0.29, 0.717) is 18.7 Å². The summed E-state index contributed by atoms with van der Waals surface area (Å²) in [5.41, 5.74) is 2.10. The van der Waals surface area contributed by atoms with Crippen molar-refractivity contribution in [1.29, 1.82) is 0 Å². The Morgan fingerprint density at radius 3 is 2.43 bits per heavy atom. The molecule has 3 aromatic rings. The van der Waals surface area contributed by atoms with Gasteiger partial charge in [-0.25, -0.2) is 12.9 Å². The van der Waals surface area contributed by atoms with E-state index in [1.165, 1.54) is 9.71 Å². The Morgan fingerprint density at radius 2 is 1.68 bits per heavy atom. The molecule has 1 amide bonds. The summed E-state index contributed by atoms with van der Waals surface area (Å²) in [4.78, 5) is 14.5. The number of aromatic nitrogens is 2. The maximum atomic E-state index is 12.8. The number of pyridine rings is 1. The van der Waals surface area contributed by atoms with Gasteiger partial charge < -0.3 is 4.90 Å². The van der Waals surface area contributed by atoms with E-state index < -0.39 is 10.0 Å². The minimum absolute atomic E-state index is 0.127. The molecule has 0 radical (unpaired) electrons. The van der Waals surface area contributed by atoms with Crippen LogP contribution in [0, 0.1) is 0 Å². The number of piperazine rings is 1. The predicted molar refractivity (Wildman–Crippen MR) is 107 cm³/mol. The first-order chi connectivity index (χ1) is 13.5. The number of hydrogen-bond acceptors (Lipinski definition) is 4. The van der Waals surface area contributed by atoms with Crippen molar-refractivity contribution in [3.05, 3.63) is 77.5 Å². The van der Waals surface area contributed by atoms with Crippen molar-refractivity contribution in [2.45, 2.75) is 0 Å². The number of carbonyl (C=O) groups excluding carboxylic acids is 1. The summed E-state index contributed by atoms with van der Waals surface area (Å²) in [6, 6.07) is 14.8. The first-order valence-electron chi connectivity index (χ1n) is 8.99. The van der Waals surface area contributed by atoms with Crippen molar-refractivity contribution in [1.82, 2.24) is 18.8 Å². The van der Waals surface area contributed by atoms with E-state index >= 15 is 0 Å². The molecule has 4 rings (SSSR count). The molecular formula is C20H20N4O3S. The molecule has 144 valence electrons. The molecule has 2 aromatic heterocycles. The lowest BCUT2D eigenvalue weighted by atomic mass is 10.2. The van der Waals surface area contributed by atoms with Crippen LogP contribution in [0.1, 0.15) is 15.9 Å². The summed E-state index contributed by atoms with van der Waals surface area (Å²) >= 11 is 0. The number of rotatable bonds is 4. The van der Waals surface area contributed by atoms with Gasteiger partial charge in [0.1, 0.15) is 0 Å². The van der Waals surface area contributed by atoms with Gasteiger partial charge in [0.15, 0.2) is 0 Å². The van der Waals surface area contributed by atoms with Crippen LogP contribution >= 0.6 is 0 Å². The molecule has 1 saturated heterocycles.